The van der Waals surface area contributed by atoms with E-state index in [1.807, 2.05) is 39.0 Å². The molecule has 1 heterocycles. The SMILES string of the molecule is C.CC.Cc1cccc(C2=NCCO2)c1NS(C)=O. The number of hydrogen-bond acceptors (Lipinski definition) is 3. The third-order valence-corrected chi connectivity index (χ3v) is 2.83. The van der Waals surface area contributed by atoms with Crippen molar-refractivity contribution < 1.29 is 8.95 Å². The van der Waals surface area contributed by atoms with Gasteiger partial charge in [-0.15, -0.1) is 0 Å². The van der Waals surface area contributed by atoms with Crippen LogP contribution in [0.25, 0.3) is 0 Å². The van der Waals surface area contributed by atoms with Crippen LogP contribution in [-0.2, 0) is 15.7 Å². The van der Waals surface area contributed by atoms with Crippen molar-refractivity contribution >= 4 is 22.6 Å². The van der Waals surface area contributed by atoms with E-state index in [0.29, 0.717) is 19.0 Å². The zero-order chi connectivity index (χ0) is 13.5. The molecule has 0 amide bonds. The summed E-state index contributed by atoms with van der Waals surface area (Å²) in [4.78, 5) is 4.27. The summed E-state index contributed by atoms with van der Waals surface area (Å²) in [6.07, 6.45) is 1.60. The molecule has 0 aliphatic carbocycles. The van der Waals surface area contributed by atoms with Crippen LogP contribution in [0.2, 0.25) is 0 Å². The van der Waals surface area contributed by atoms with Crippen LogP contribution in [0.3, 0.4) is 0 Å². The first kappa shape index (κ1) is 17.6. The van der Waals surface area contributed by atoms with Gasteiger partial charge in [-0.05, 0) is 18.6 Å². The minimum absolute atomic E-state index is 0. The molecule has 1 atom stereocenters. The van der Waals surface area contributed by atoms with Gasteiger partial charge in [0.05, 0.1) is 17.8 Å². The number of aliphatic imine (C=N–C) groups is 1. The minimum atomic E-state index is -1.10. The number of para-hydroxylation sites is 1. The largest absolute Gasteiger partial charge is 0.475 e. The second kappa shape index (κ2) is 8.69. The summed E-state index contributed by atoms with van der Waals surface area (Å²) in [7, 11) is -1.10. The highest BCUT2D eigenvalue weighted by atomic mass is 32.2. The molecule has 1 aliphatic heterocycles. The van der Waals surface area contributed by atoms with Crippen molar-refractivity contribution in [3.63, 3.8) is 0 Å². The molecule has 0 saturated heterocycles. The lowest BCUT2D eigenvalue weighted by Crippen LogP contribution is -2.10. The Hall–Kier alpha value is -1.36. The Bertz CT molecular complexity index is 459. The first-order chi connectivity index (χ1) is 8.68. The number of anilines is 1. The Morgan fingerprint density at radius 3 is 2.58 bits per heavy atom. The lowest BCUT2D eigenvalue weighted by atomic mass is 10.1. The fraction of sp³-hybridized carbons (Fsp3) is 0.500. The van der Waals surface area contributed by atoms with E-state index >= 15 is 0 Å². The van der Waals surface area contributed by atoms with Crippen LogP contribution in [0.1, 0.15) is 32.4 Å². The molecule has 4 nitrogen and oxygen atoms in total. The number of aryl methyl sites for hydroxylation is 1. The van der Waals surface area contributed by atoms with E-state index in [2.05, 4.69) is 9.71 Å². The molecule has 0 spiro atoms. The second-order valence-electron chi connectivity index (χ2n) is 3.59. The van der Waals surface area contributed by atoms with E-state index in [1.54, 1.807) is 6.26 Å². The minimum Gasteiger partial charge on any atom is -0.475 e. The molecule has 0 radical (unpaired) electrons. The Balaban J connectivity index is 0.00000103. The average Bonchev–Trinajstić information content (AvgIpc) is 2.87. The van der Waals surface area contributed by atoms with Crippen molar-refractivity contribution in [2.24, 2.45) is 4.99 Å². The highest BCUT2D eigenvalue weighted by Crippen LogP contribution is 2.23. The van der Waals surface area contributed by atoms with Crippen molar-refractivity contribution in [3.8, 4) is 0 Å². The smallest absolute Gasteiger partial charge is 0.218 e. The summed E-state index contributed by atoms with van der Waals surface area (Å²) in [5, 5.41) is 0. The Kier molecular flexibility index (Phi) is 8.07. The summed E-state index contributed by atoms with van der Waals surface area (Å²) in [6.45, 7) is 7.28. The number of nitrogens with one attached hydrogen (secondary N) is 1. The van der Waals surface area contributed by atoms with Gasteiger partial charge in [-0.1, -0.05) is 33.4 Å². The molecule has 2 rings (SSSR count). The second-order valence-corrected chi connectivity index (χ2v) is 4.70. The zero-order valence-corrected chi connectivity index (χ0v) is 12.1. The highest BCUT2D eigenvalue weighted by molar-refractivity contribution is 7.85. The number of benzene rings is 1. The van der Waals surface area contributed by atoms with E-state index in [4.69, 9.17) is 4.74 Å². The van der Waals surface area contributed by atoms with Gasteiger partial charge < -0.3 is 9.46 Å². The summed E-state index contributed by atoms with van der Waals surface area (Å²) in [5.74, 6) is 0.636. The molecule has 0 bridgehead atoms. The Morgan fingerprint density at radius 1 is 1.37 bits per heavy atom. The maximum Gasteiger partial charge on any atom is 0.218 e. The topological polar surface area (TPSA) is 50.7 Å². The summed E-state index contributed by atoms with van der Waals surface area (Å²) in [5.41, 5.74) is 2.75. The highest BCUT2D eigenvalue weighted by Gasteiger charge is 2.16. The third kappa shape index (κ3) is 4.67. The molecular weight excluding hydrogens is 260 g/mol. The molecule has 0 aromatic heterocycles. The predicted octanol–water partition coefficient (Wildman–Crippen LogP) is 3.14. The van der Waals surface area contributed by atoms with Crippen molar-refractivity contribution in [3.05, 3.63) is 29.3 Å². The van der Waals surface area contributed by atoms with Crippen molar-refractivity contribution in [1.29, 1.82) is 0 Å². The van der Waals surface area contributed by atoms with Gasteiger partial charge in [0.2, 0.25) is 5.90 Å². The quantitative estimate of drug-likeness (QED) is 0.927. The van der Waals surface area contributed by atoms with Gasteiger partial charge in [-0.25, -0.2) is 9.20 Å². The van der Waals surface area contributed by atoms with E-state index in [0.717, 1.165) is 16.8 Å². The zero-order valence-electron chi connectivity index (χ0n) is 11.3. The van der Waals surface area contributed by atoms with Crippen LogP contribution in [0.4, 0.5) is 5.69 Å². The molecule has 108 valence electrons. The van der Waals surface area contributed by atoms with Crippen LogP contribution in [0, 0.1) is 6.92 Å². The molecule has 1 aromatic carbocycles. The van der Waals surface area contributed by atoms with Crippen molar-refractivity contribution in [2.75, 3.05) is 24.1 Å². The Morgan fingerprint density at radius 2 is 2.05 bits per heavy atom. The number of rotatable bonds is 3. The number of nitrogens with zero attached hydrogens (tertiary/aromatic N) is 1. The first-order valence-electron chi connectivity index (χ1n) is 6.06. The van der Waals surface area contributed by atoms with Crippen LogP contribution in [-0.4, -0.2) is 29.5 Å². The van der Waals surface area contributed by atoms with Crippen LogP contribution < -0.4 is 4.72 Å². The molecular formula is C14H24N2O2S. The van der Waals surface area contributed by atoms with Gasteiger partial charge in [-0.2, -0.15) is 0 Å². The van der Waals surface area contributed by atoms with Crippen molar-refractivity contribution in [1.82, 2.24) is 0 Å². The van der Waals surface area contributed by atoms with Gasteiger partial charge >= 0.3 is 0 Å². The molecule has 0 fully saturated rings. The van der Waals surface area contributed by atoms with Crippen LogP contribution in [0.15, 0.2) is 23.2 Å². The fourth-order valence-corrected chi connectivity index (χ4v) is 2.18. The molecule has 1 unspecified atom stereocenters. The molecule has 1 aromatic rings. The van der Waals surface area contributed by atoms with Crippen LogP contribution >= 0.6 is 0 Å². The lowest BCUT2D eigenvalue weighted by Gasteiger charge is -2.12. The van der Waals surface area contributed by atoms with Gasteiger partial charge in [0.1, 0.15) is 17.6 Å². The molecule has 0 saturated carbocycles. The van der Waals surface area contributed by atoms with E-state index in [-0.39, 0.29) is 7.43 Å². The molecule has 1 N–H and O–H groups in total. The molecule has 5 heteroatoms. The molecule has 1 aliphatic rings. The maximum atomic E-state index is 11.3. The summed E-state index contributed by atoms with van der Waals surface area (Å²) >= 11 is 0. The van der Waals surface area contributed by atoms with Crippen LogP contribution in [0.5, 0.6) is 0 Å². The first-order valence-corrected chi connectivity index (χ1v) is 7.61. The number of hydrogen-bond donors (Lipinski definition) is 1. The summed E-state index contributed by atoms with van der Waals surface area (Å²) < 4.78 is 19.6. The summed E-state index contributed by atoms with van der Waals surface area (Å²) in [6, 6.07) is 5.83. The average molecular weight is 284 g/mol. The maximum absolute atomic E-state index is 11.3. The van der Waals surface area contributed by atoms with Gasteiger partial charge in [0.25, 0.3) is 0 Å². The fourth-order valence-electron chi connectivity index (χ4n) is 1.62. The normalized spacial score (nSPS) is 14.2. The number of ether oxygens (including phenoxy) is 1. The standard InChI is InChI=1S/C11H14N2O2S.C2H6.CH4/c1-8-4-3-5-9(10(8)13-16(2)14)11-12-6-7-15-11;1-2;/h3-5,13H,6-7H2,1-2H3;1-2H3;1H4. The lowest BCUT2D eigenvalue weighted by molar-refractivity contribution is 0.348. The van der Waals surface area contributed by atoms with Gasteiger partial charge in [-0.3, -0.25) is 0 Å². The molecule has 19 heavy (non-hydrogen) atoms. The third-order valence-electron chi connectivity index (χ3n) is 2.33. The van der Waals surface area contributed by atoms with Gasteiger partial charge in [0.15, 0.2) is 0 Å². The Labute approximate surface area is 118 Å². The van der Waals surface area contributed by atoms with E-state index < -0.39 is 11.0 Å². The predicted molar refractivity (Wildman–Crippen MR) is 84.3 cm³/mol. The van der Waals surface area contributed by atoms with Gasteiger partial charge in [0, 0.05) is 6.26 Å². The van der Waals surface area contributed by atoms with Crippen molar-refractivity contribution in [2.45, 2.75) is 28.2 Å². The monoisotopic (exact) mass is 284 g/mol. The van der Waals surface area contributed by atoms with E-state index in [9.17, 15) is 4.21 Å². The van der Waals surface area contributed by atoms with E-state index in [1.165, 1.54) is 0 Å².